The Labute approximate surface area is 156 Å². The van der Waals surface area contributed by atoms with Gasteiger partial charge in [-0.15, -0.1) is 0 Å². The number of amides is 3. The highest BCUT2D eigenvalue weighted by atomic mass is 32.2. The summed E-state index contributed by atoms with van der Waals surface area (Å²) in [4.78, 5) is 24.2. The van der Waals surface area contributed by atoms with Gasteiger partial charge < -0.3 is 5.32 Å². The number of rotatable bonds is 5. The summed E-state index contributed by atoms with van der Waals surface area (Å²) in [6.07, 6.45) is 0. The monoisotopic (exact) mass is 404 g/mol. The van der Waals surface area contributed by atoms with E-state index in [4.69, 9.17) is 0 Å². The van der Waals surface area contributed by atoms with Gasteiger partial charge in [0, 0.05) is 32.7 Å². The molecule has 0 aromatic heterocycles. The molecule has 1 heterocycles. The van der Waals surface area contributed by atoms with Crippen LogP contribution in [0.2, 0.25) is 0 Å². The molecule has 1 saturated heterocycles. The van der Waals surface area contributed by atoms with Crippen LogP contribution in [0.15, 0.2) is 23.1 Å². The minimum Gasteiger partial charge on any atom is -0.338 e. The summed E-state index contributed by atoms with van der Waals surface area (Å²) in [5.41, 5.74) is 0. The van der Waals surface area contributed by atoms with Gasteiger partial charge in [0.25, 0.3) is 0 Å². The number of halogens is 2. The maximum absolute atomic E-state index is 13.8. The number of carbonyl (C=O) groups is 2. The second kappa shape index (κ2) is 8.72. The Balaban J connectivity index is 2.02. The standard InChI is InChI=1S/C16H22F2N4O4S/c1-3-19-16(24)20-15(23)11(2)21-7-9-22(10-8-21)27(25,26)14-12(17)5-4-6-13(14)18/h4-6,11H,3,7-10H2,1-2H3,(H2,19,20,23,24). The molecule has 2 rings (SSSR count). The van der Waals surface area contributed by atoms with Crippen molar-refractivity contribution in [2.24, 2.45) is 0 Å². The maximum atomic E-state index is 13.8. The van der Waals surface area contributed by atoms with E-state index in [1.807, 2.05) is 0 Å². The van der Waals surface area contributed by atoms with Gasteiger partial charge in [0.15, 0.2) is 4.90 Å². The molecule has 0 radical (unpaired) electrons. The maximum Gasteiger partial charge on any atom is 0.321 e. The molecule has 0 bridgehead atoms. The lowest BCUT2D eigenvalue weighted by Gasteiger charge is -2.36. The highest BCUT2D eigenvalue weighted by Crippen LogP contribution is 2.23. The van der Waals surface area contributed by atoms with Gasteiger partial charge in [-0.3, -0.25) is 15.0 Å². The third kappa shape index (κ3) is 4.79. The lowest BCUT2D eigenvalue weighted by molar-refractivity contribution is -0.125. The number of carbonyl (C=O) groups excluding carboxylic acids is 2. The first-order valence-electron chi connectivity index (χ1n) is 8.45. The highest BCUT2D eigenvalue weighted by Gasteiger charge is 2.35. The number of nitrogens with one attached hydrogen (secondary N) is 2. The van der Waals surface area contributed by atoms with Gasteiger partial charge >= 0.3 is 6.03 Å². The van der Waals surface area contributed by atoms with Crippen LogP contribution in [0.1, 0.15) is 13.8 Å². The molecule has 1 fully saturated rings. The zero-order valence-electron chi connectivity index (χ0n) is 15.0. The molecule has 0 spiro atoms. The normalized spacial score (nSPS) is 17.3. The SMILES string of the molecule is CCNC(=O)NC(=O)C(C)N1CCN(S(=O)(=O)c2c(F)cccc2F)CC1. The number of sulfonamides is 1. The Bertz CT molecular complexity index is 790. The molecule has 1 aliphatic heterocycles. The van der Waals surface area contributed by atoms with Crippen LogP contribution in [-0.4, -0.2) is 68.3 Å². The molecule has 1 aliphatic rings. The van der Waals surface area contributed by atoms with Crippen molar-refractivity contribution in [3.8, 4) is 0 Å². The van der Waals surface area contributed by atoms with E-state index in [0.717, 1.165) is 22.5 Å². The van der Waals surface area contributed by atoms with Crippen molar-refractivity contribution in [2.75, 3.05) is 32.7 Å². The fourth-order valence-corrected chi connectivity index (χ4v) is 4.31. The molecular formula is C16H22F2N4O4S. The van der Waals surface area contributed by atoms with Crippen LogP contribution in [0.5, 0.6) is 0 Å². The third-order valence-electron chi connectivity index (χ3n) is 4.29. The predicted molar refractivity (Wildman–Crippen MR) is 93.4 cm³/mol. The van der Waals surface area contributed by atoms with Crippen LogP contribution < -0.4 is 10.6 Å². The fraction of sp³-hybridized carbons (Fsp3) is 0.500. The third-order valence-corrected chi connectivity index (χ3v) is 6.24. The van der Waals surface area contributed by atoms with Crippen LogP contribution in [0.4, 0.5) is 13.6 Å². The van der Waals surface area contributed by atoms with Gasteiger partial charge in [0.1, 0.15) is 11.6 Å². The van der Waals surface area contributed by atoms with E-state index in [9.17, 15) is 26.8 Å². The van der Waals surface area contributed by atoms with Crippen molar-refractivity contribution in [1.82, 2.24) is 19.8 Å². The Morgan fingerprint density at radius 2 is 1.70 bits per heavy atom. The minimum absolute atomic E-state index is 0.0329. The smallest absolute Gasteiger partial charge is 0.321 e. The lowest BCUT2D eigenvalue weighted by Crippen LogP contribution is -2.56. The van der Waals surface area contributed by atoms with Gasteiger partial charge in [-0.1, -0.05) is 6.07 Å². The van der Waals surface area contributed by atoms with Crippen molar-refractivity contribution in [1.29, 1.82) is 0 Å². The van der Waals surface area contributed by atoms with E-state index in [2.05, 4.69) is 10.6 Å². The predicted octanol–water partition coefficient (Wildman–Crippen LogP) is 0.505. The quantitative estimate of drug-likeness (QED) is 0.745. The van der Waals surface area contributed by atoms with Gasteiger partial charge in [0.05, 0.1) is 6.04 Å². The van der Waals surface area contributed by atoms with Crippen molar-refractivity contribution in [2.45, 2.75) is 24.8 Å². The summed E-state index contributed by atoms with van der Waals surface area (Å²) in [5, 5.41) is 4.64. The van der Waals surface area contributed by atoms with Crippen LogP contribution in [0.3, 0.4) is 0 Å². The van der Waals surface area contributed by atoms with E-state index < -0.39 is 44.5 Å². The van der Waals surface area contributed by atoms with Crippen LogP contribution >= 0.6 is 0 Å². The van der Waals surface area contributed by atoms with Crippen LogP contribution in [0.25, 0.3) is 0 Å². The molecule has 8 nitrogen and oxygen atoms in total. The first-order valence-corrected chi connectivity index (χ1v) is 9.89. The lowest BCUT2D eigenvalue weighted by atomic mass is 10.2. The Hall–Kier alpha value is -2.11. The van der Waals surface area contributed by atoms with Gasteiger partial charge in [0.2, 0.25) is 15.9 Å². The fourth-order valence-electron chi connectivity index (χ4n) is 2.78. The molecule has 27 heavy (non-hydrogen) atoms. The molecular weight excluding hydrogens is 382 g/mol. The second-order valence-electron chi connectivity index (χ2n) is 6.02. The largest absolute Gasteiger partial charge is 0.338 e. The van der Waals surface area contributed by atoms with Crippen molar-refractivity contribution in [3.63, 3.8) is 0 Å². The zero-order valence-corrected chi connectivity index (χ0v) is 15.9. The molecule has 2 N–H and O–H groups in total. The number of benzene rings is 1. The van der Waals surface area contributed by atoms with E-state index in [1.165, 1.54) is 0 Å². The molecule has 0 saturated carbocycles. The summed E-state index contributed by atoms with van der Waals surface area (Å²) < 4.78 is 53.8. The summed E-state index contributed by atoms with van der Waals surface area (Å²) in [5.74, 6) is -2.81. The highest BCUT2D eigenvalue weighted by molar-refractivity contribution is 7.89. The van der Waals surface area contributed by atoms with E-state index in [0.29, 0.717) is 6.54 Å². The molecule has 3 amide bonds. The number of hydrogen-bond donors (Lipinski definition) is 2. The molecule has 1 atom stereocenters. The number of urea groups is 1. The number of imide groups is 1. The Morgan fingerprint density at radius 3 is 2.22 bits per heavy atom. The Morgan fingerprint density at radius 1 is 1.15 bits per heavy atom. The molecule has 1 aromatic rings. The first kappa shape index (κ1) is 21.2. The van der Waals surface area contributed by atoms with E-state index in [1.54, 1.807) is 18.7 Å². The summed E-state index contributed by atoms with van der Waals surface area (Å²) in [6.45, 7) is 3.97. The summed E-state index contributed by atoms with van der Waals surface area (Å²) in [7, 11) is -4.33. The zero-order chi connectivity index (χ0) is 20.2. The molecule has 11 heteroatoms. The first-order chi connectivity index (χ1) is 12.7. The van der Waals surface area contributed by atoms with Gasteiger partial charge in [-0.25, -0.2) is 22.0 Å². The number of nitrogens with zero attached hydrogens (tertiary/aromatic N) is 2. The molecule has 0 aliphatic carbocycles. The van der Waals surface area contributed by atoms with E-state index in [-0.39, 0.29) is 26.2 Å². The Kier molecular flexibility index (Phi) is 6.84. The van der Waals surface area contributed by atoms with Crippen LogP contribution in [0, 0.1) is 11.6 Å². The van der Waals surface area contributed by atoms with Crippen molar-refractivity contribution >= 4 is 22.0 Å². The number of piperazine rings is 1. The average molecular weight is 404 g/mol. The van der Waals surface area contributed by atoms with Gasteiger partial charge in [-0.05, 0) is 26.0 Å². The van der Waals surface area contributed by atoms with Crippen molar-refractivity contribution < 1.29 is 26.8 Å². The number of hydrogen-bond acceptors (Lipinski definition) is 5. The van der Waals surface area contributed by atoms with E-state index >= 15 is 0 Å². The second-order valence-corrected chi connectivity index (χ2v) is 7.89. The molecule has 1 aromatic carbocycles. The summed E-state index contributed by atoms with van der Waals surface area (Å²) >= 11 is 0. The van der Waals surface area contributed by atoms with Gasteiger partial charge in [-0.2, -0.15) is 4.31 Å². The molecule has 1 unspecified atom stereocenters. The van der Waals surface area contributed by atoms with Crippen LogP contribution in [-0.2, 0) is 14.8 Å². The van der Waals surface area contributed by atoms with Crippen molar-refractivity contribution in [3.05, 3.63) is 29.8 Å². The minimum atomic E-state index is -4.33. The summed E-state index contributed by atoms with van der Waals surface area (Å²) in [6, 6.07) is 1.60. The molecule has 150 valence electrons. The topological polar surface area (TPSA) is 98.8 Å². The average Bonchev–Trinajstić information content (AvgIpc) is 2.61.